The van der Waals surface area contributed by atoms with Crippen LogP contribution in [0, 0.1) is 6.92 Å². The van der Waals surface area contributed by atoms with E-state index in [2.05, 4.69) is 40.3 Å². The van der Waals surface area contributed by atoms with Gasteiger partial charge in [-0.1, -0.05) is 30.3 Å². The smallest absolute Gasteiger partial charge is 0.128 e. The zero-order chi connectivity index (χ0) is 14.7. The largest absolute Gasteiger partial charge is 0.354 e. The van der Waals surface area contributed by atoms with Crippen LogP contribution in [-0.4, -0.2) is 31.2 Å². The highest BCUT2D eigenvalue weighted by Gasteiger charge is 2.16. The number of aryl methyl sites for hydroxylation is 1. The fraction of sp³-hybridized carbons (Fsp3) is 0.353. The molecule has 0 bridgehead atoms. The van der Waals surface area contributed by atoms with E-state index in [4.69, 9.17) is 5.73 Å². The van der Waals surface area contributed by atoms with Gasteiger partial charge in [0.2, 0.25) is 0 Å². The zero-order valence-corrected chi connectivity index (χ0v) is 12.4. The van der Waals surface area contributed by atoms with Gasteiger partial charge in [-0.3, -0.25) is 0 Å². The van der Waals surface area contributed by atoms with Crippen molar-refractivity contribution >= 4 is 5.82 Å². The Morgan fingerprint density at radius 3 is 2.57 bits per heavy atom. The van der Waals surface area contributed by atoms with Crippen LogP contribution in [0.1, 0.15) is 22.7 Å². The minimum Gasteiger partial charge on any atom is -0.354 e. The van der Waals surface area contributed by atoms with Gasteiger partial charge in [-0.05, 0) is 29.7 Å². The number of piperazine rings is 1. The van der Waals surface area contributed by atoms with Gasteiger partial charge in [-0.15, -0.1) is 0 Å². The molecular formula is C17H22N4. The molecule has 1 saturated heterocycles. The molecule has 0 spiro atoms. The second-order valence-corrected chi connectivity index (χ2v) is 5.52. The molecule has 2 aromatic rings. The molecule has 3 rings (SSSR count). The van der Waals surface area contributed by atoms with E-state index in [0.29, 0.717) is 0 Å². The summed E-state index contributed by atoms with van der Waals surface area (Å²) in [5, 5.41) is 3.36. The van der Waals surface area contributed by atoms with Crippen LogP contribution in [0.2, 0.25) is 0 Å². The molecule has 0 aliphatic carbocycles. The summed E-state index contributed by atoms with van der Waals surface area (Å²) in [6.45, 7) is 6.18. The topological polar surface area (TPSA) is 54.2 Å². The Morgan fingerprint density at radius 2 is 1.90 bits per heavy atom. The number of hydrogen-bond donors (Lipinski definition) is 2. The summed E-state index contributed by atoms with van der Waals surface area (Å²) in [6, 6.07) is 12.2. The first-order chi connectivity index (χ1) is 10.3. The highest BCUT2D eigenvalue weighted by Crippen LogP contribution is 2.24. The van der Waals surface area contributed by atoms with Crippen LogP contribution < -0.4 is 16.0 Å². The molecule has 2 heterocycles. The minimum absolute atomic E-state index is 0.115. The lowest BCUT2D eigenvalue weighted by Crippen LogP contribution is -2.43. The van der Waals surface area contributed by atoms with Crippen molar-refractivity contribution in [1.29, 1.82) is 0 Å². The number of hydrogen-bond acceptors (Lipinski definition) is 4. The summed E-state index contributed by atoms with van der Waals surface area (Å²) in [5.74, 6) is 1.05. The molecule has 1 aliphatic heterocycles. The summed E-state index contributed by atoms with van der Waals surface area (Å²) in [5.41, 5.74) is 9.81. The maximum Gasteiger partial charge on any atom is 0.128 e. The Hall–Kier alpha value is -1.91. The van der Waals surface area contributed by atoms with Crippen molar-refractivity contribution in [3.8, 4) is 0 Å². The number of nitrogens with two attached hydrogens (primary N) is 1. The van der Waals surface area contributed by atoms with E-state index in [1.807, 2.05) is 24.4 Å². The van der Waals surface area contributed by atoms with Gasteiger partial charge in [0.25, 0.3) is 0 Å². The van der Waals surface area contributed by atoms with Gasteiger partial charge >= 0.3 is 0 Å². The average molecular weight is 282 g/mol. The second-order valence-electron chi connectivity index (χ2n) is 5.52. The predicted molar refractivity (Wildman–Crippen MR) is 86.5 cm³/mol. The molecule has 4 heteroatoms. The molecule has 110 valence electrons. The molecule has 0 radical (unpaired) electrons. The van der Waals surface area contributed by atoms with E-state index in [0.717, 1.165) is 43.1 Å². The maximum atomic E-state index is 6.38. The highest BCUT2D eigenvalue weighted by atomic mass is 15.2. The van der Waals surface area contributed by atoms with Crippen molar-refractivity contribution in [1.82, 2.24) is 10.3 Å². The number of nitrogens with zero attached hydrogens (tertiary/aromatic N) is 2. The first-order valence-corrected chi connectivity index (χ1v) is 7.48. The third-order valence-electron chi connectivity index (χ3n) is 4.07. The monoisotopic (exact) mass is 282 g/mol. The average Bonchev–Trinajstić information content (AvgIpc) is 2.56. The Morgan fingerprint density at radius 1 is 1.19 bits per heavy atom. The van der Waals surface area contributed by atoms with Crippen LogP contribution >= 0.6 is 0 Å². The van der Waals surface area contributed by atoms with Gasteiger partial charge in [-0.25, -0.2) is 4.98 Å². The number of pyridine rings is 1. The molecule has 3 N–H and O–H groups in total. The number of anilines is 1. The van der Waals surface area contributed by atoms with E-state index in [1.165, 1.54) is 5.56 Å². The van der Waals surface area contributed by atoms with E-state index in [-0.39, 0.29) is 6.04 Å². The van der Waals surface area contributed by atoms with Crippen LogP contribution in [0.3, 0.4) is 0 Å². The molecule has 1 atom stereocenters. The van der Waals surface area contributed by atoms with Gasteiger partial charge < -0.3 is 16.0 Å². The third-order valence-corrected chi connectivity index (χ3v) is 4.07. The quantitative estimate of drug-likeness (QED) is 0.902. The predicted octanol–water partition coefficient (Wildman–Crippen LogP) is 1.85. The van der Waals surface area contributed by atoms with Gasteiger partial charge in [0.1, 0.15) is 5.82 Å². The van der Waals surface area contributed by atoms with Crippen LogP contribution in [0.5, 0.6) is 0 Å². The SMILES string of the molecule is Cc1cc(N2CCNCC2)ncc1[C@@H](N)c1ccccc1. The summed E-state index contributed by atoms with van der Waals surface area (Å²) in [4.78, 5) is 6.95. The lowest BCUT2D eigenvalue weighted by atomic mass is 9.97. The molecule has 1 aromatic carbocycles. The molecule has 4 nitrogen and oxygen atoms in total. The molecule has 1 aromatic heterocycles. The second kappa shape index (κ2) is 6.24. The van der Waals surface area contributed by atoms with Crippen molar-refractivity contribution in [2.24, 2.45) is 5.73 Å². The van der Waals surface area contributed by atoms with E-state index >= 15 is 0 Å². The van der Waals surface area contributed by atoms with E-state index in [1.54, 1.807) is 0 Å². The lowest BCUT2D eigenvalue weighted by Gasteiger charge is -2.29. The first kappa shape index (κ1) is 14.0. The van der Waals surface area contributed by atoms with Crippen LogP contribution in [0.4, 0.5) is 5.82 Å². The van der Waals surface area contributed by atoms with Gasteiger partial charge in [0.15, 0.2) is 0 Å². The van der Waals surface area contributed by atoms with Crippen molar-refractivity contribution in [3.05, 3.63) is 59.3 Å². The Kier molecular flexibility index (Phi) is 4.18. The first-order valence-electron chi connectivity index (χ1n) is 7.48. The molecule has 1 fully saturated rings. The fourth-order valence-electron chi connectivity index (χ4n) is 2.78. The number of nitrogens with one attached hydrogen (secondary N) is 1. The Labute approximate surface area is 126 Å². The number of rotatable bonds is 3. The van der Waals surface area contributed by atoms with Crippen molar-refractivity contribution in [2.45, 2.75) is 13.0 Å². The number of benzene rings is 1. The van der Waals surface area contributed by atoms with Crippen molar-refractivity contribution < 1.29 is 0 Å². The van der Waals surface area contributed by atoms with Crippen LogP contribution in [-0.2, 0) is 0 Å². The van der Waals surface area contributed by atoms with Gasteiger partial charge in [-0.2, -0.15) is 0 Å². The molecule has 0 amide bonds. The van der Waals surface area contributed by atoms with Crippen molar-refractivity contribution in [2.75, 3.05) is 31.1 Å². The van der Waals surface area contributed by atoms with Gasteiger partial charge in [0.05, 0.1) is 6.04 Å². The summed E-state index contributed by atoms with van der Waals surface area (Å²) >= 11 is 0. The van der Waals surface area contributed by atoms with Crippen LogP contribution in [0.15, 0.2) is 42.6 Å². The zero-order valence-electron chi connectivity index (χ0n) is 12.4. The highest BCUT2D eigenvalue weighted by molar-refractivity contribution is 5.46. The molecule has 1 aliphatic rings. The summed E-state index contributed by atoms with van der Waals surface area (Å²) < 4.78 is 0. The van der Waals surface area contributed by atoms with E-state index < -0.39 is 0 Å². The van der Waals surface area contributed by atoms with Crippen LogP contribution in [0.25, 0.3) is 0 Å². The van der Waals surface area contributed by atoms with E-state index in [9.17, 15) is 0 Å². The lowest BCUT2D eigenvalue weighted by molar-refractivity contribution is 0.584. The summed E-state index contributed by atoms with van der Waals surface area (Å²) in [7, 11) is 0. The molecule has 21 heavy (non-hydrogen) atoms. The van der Waals surface area contributed by atoms with Crippen molar-refractivity contribution in [3.63, 3.8) is 0 Å². The molecule has 0 unspecified atom stereocenters. The fourth-order valence-corrected chi connectivity index (χ4v) is 2.78. The third kappa shape index (κ3) is 3.06. The van der Waals surface area contributed by atoms with Gasteiger partial charge in [0, 0.05) is 32.4 Å². The molecule has 0 saturated carbocycles. The standard InChI is InChI=1S/C17H22N4/c1-13-11-16(21-9-7-19-8-10-21)20-12-15(13)17(18)14-5-3-2-4-6-14/h2-6,11-12,17,19H,7-10,18H2,1H3/t17-/m0/s1. The normalized spacial score (nSPS) is 16.8. The Bertz CT molecular complexity index is 591. The molecular weight excluding hydrogens is 260 g/mol. The minimum atomic E-state index is -0.115. The Balaban J connectivity index is 1.84. The summed E-state index contributed by atoms with van der Waals surface area (Å²) in [6.07, 6.45) is 1.93. The number of aromatic nitrogens is 1. The maximum absolute atomic E-state index is 6.38.